The van der Waals surface area contributed by atoms with Crippen molar-refractivity contribution in [2.45, 2.75) is 25.3 Å². The van der Waals surface area contributed by atoms with Gasteiger partial charge in [-0.05, 0) is 25.7 Å². The van der Waals surface area contributed by atoms with E-state index in [2.05, 4.69) is 5.32 Å². The maximum Gasteiger partial charge on any atom is 0.325 e. The molecule has 1 atom stereocenters. The fourth-order valence-corrected chi connectivity index (χ4v) is 1.99. The summed E-state index contributed by atoms with van der Waals surface area (Å²) in [7, 11) is 0. The minimum absolute atomic E-state index is 0.115. The van der Waals surface area contributed by atoms with Crippen molar-refractivity contribution in [1.29, 1.82) is 0 Å². The van der Waals surface area contributed by atoms with E-state index in [1.807, 2.05) is 0 Å². The monoisotopic (exact) mass is 197 g/mol. The first-order valence-corrected chi connectivity index (χ1v) is 4.94. The standard InChI is InChI=1S/C9H15N3O2/c1-9(6-2-3-6)7(13)12(5-4-10)8(14)11-9/h6H,2-5,10H2,1H3,(H,11,14). The number of imide groups is 1. The minimum Gasteiger partial charge on any atom is -0.329 e. The van der Waals surface area contributed by atoms with Crippen LogP contribution >= 0.6 is 0 Å². The largest absolute Gasteiger partial charge is 0.329 e. The minimum atomic E-state index is -0.660. The molecule has 3 amide bonds. The Morgan fingerprint density at radius 1 is 1.57 bits per heavy atom. The molecule has 3 N–H and O–H groups in total. The molecule has 0 radical (unpaired) electrons. The van der Waals surface area contributed by atoms with E-state index in [1.165, 1.54) is 4.90 Å². The fraction of sp³-hybridized carbons (Fsp3) is 0.778. The van der Waals surface area contributed by atoms with Gasteiger partial charge in [-0.25, -0.2) is 4.79 Å². The van der Waals surface area contributed by atoms with Crippen LogP contribution in [0, 0.1) is 5.92 Å². The topological polar surface area (TPSA) is 75.4 Å². The normalized spacial score (nSPS) is 32.3. The summed E-state index contributed by atoms with van der Waals surface area (Å²) in [6.45, 7) is 2.44. The maximum absolute atomic E-state index is 11.9. The van der Waals surface area contributed by atoms with Crippen molar-refractivity contribution in [2.24, 2.45) is 11.7 Å². The molecule has 5 nitrogen and oxygen atoms in total. The third-order valence-electron chi connectivity index (χ3n) is 3.05. The molecule has 0 aromatic heterocycles. The lowest BCUT2D eigenvalue weighted by atomic mass is 9.96. The second kappa shape index (κ2) is 2.95. The molecule has 2 fully saturated rings. The maximum atomic E-state index is 11.9. The van der Waals surface area contributed by atoms with Crippen LogP contribution in [0.15, 0.2) is 0 Å². The molecule has 78 valence electrons. The van der Waals surface area contributed by atoms with Crippen molar-refractivity contribution < 1.29 is 9.59 Å². The van der Waals surface area contributed by atoms with Gasteiger partial charge in [0, 0.05) is 13.1 Å². The Hall–Kier alpha value is -1.10. The first-order valence-electron chi connectivity index (χ1n) is 4.94. The van der Waals surface area contributed by atoms with Gasteiger partial charge in [-0.1, -0.05) is 0 Å². The summed E-state index contributed by atoms with van der Waals surface area (Å²) in [5.74, 6) is 0.206. The molecule has 0 spiro atoms. The molecule has 1 aliphatic carbocycles. The van der Waals surface area contributed by atoms with Crippen molar-refractivity contribution >= 4 is 11.9 Å². The van der Waals surface area contributed by atoms with Crippen LogP contribution in [0.3, 0.4) is 0 Å². The van der Waals surface area contributed by atoms with E-state index in [4.69, 9.17) is 5.73 Å². The molecule has 2 aliphatic rings. The van der Waals surface area contributed by atoms with E-state index in [0.717, 1.165) is 12.8 Å². The van der Waals surface area contributed by atoms with Gasteiger partial charge in [-0.2, -0.15) is 0 Å². The average Bonchev–Trinajstić information content (AvgIpc) is 2.92. The lowest BCUT2D eigenvalue weighted by Crippen LogP contribution is -2.46. The van der Waals surface area contributed by atoms with Gasteiger partial charge in [0.05, 0.1) is 0 Å². The Morgan fingerprint density at radius 2 is 2.21 bits per heavy atom. The van der Waals surface area contributed by atoms with Crippen molar-refractivity contribution in [2.75, 3.05) is 13.1 Å². The number of nitrogens with two attached hydrogens (primary N) is 1. The highest BCUT2D eigenvalue weighted by Crippen LogP contribution is 2.42. The zero-order chi connectivity index (χ0) is 10.3. The van der Waals surface area contributed by atoms with Gasteiger partial charge in [0.25, 0.3) is 5.91 Å². The van der Waals surface area contributed by atoms with Crippen LogP contribution in [0.1, 0.15) is 19.8 Å². The molecule has 1 unspecified atom stereocenters. The molecule has 1 aliphatic heterocycles. The van der Waals surface area contributed by atoms with Gasteiger partial charge in [0.15, 0.2) is 0 Å². The van der Waals surface area contributed by atoms with Crippen molar-refractivity contribution in [3.63, 3.8) is 0 Å². The summed E-state index contributed by atoms with van der Waals surface area (Å²) >= 11 is 0. The summed E-state index contributed by atoms with van der Waals surface area (Å²) in [5, 5.41) is 2.76. The van der Waals surface area contributed by atoms with E-state index < -0.39 is 5.54 Å². The number of urea groups is 1. The number of hydrogen-bond donors (Lipinski definition) is 2. The van der Waals surface area contributed by atoms with E-state index in [-0.39, 0.29) is 11.9 Å². The molecule has 5 heteroatoms. The Balaban J connectivity index is 2.17. The summed E-state index contributed by atoms with van der Waals surface area (Å²) < 4.78 is 0. The lowest BCUT2D eigenvalue weighted by Gasteiger charge is -2.20. The van der Waals surface area contributed by atoms with Crippen LogP contribution < -0.4 is 11.1 Å². The predicted octanol–water partition coefficient (Wildman–Crippen LogP) is -0.334. The third-order valence-corrected chi connectivity index (χ3v) is 3.05. The van der Waals surface area contributed by atoms with Crippen LogP contribution in [0.4, 0.5) is 4.79 Å². The summed E-state index contributed by atoms with van der Waals surface area (Å²) in [5.41, 5.74) is 4.68. The fourth-order valence-electron chi connectivity index (χ4n) is 1.99. The van der Waals surface area contributed by atoms with Crippen LogP contribution in [-0.4, -0.2) is 35.5 Å². The molecular weight excluding hydrogens is 182 g/mol. The summed E-state index contributed by atoms with van der Waals surface area (Å²) in [6.07, 6.45) is 2.05. The van der Waals surface area contributed by atoms with Gasteiger partial charge in [-0.3, -0.25) is 9.69 Å². The Morgan fingerprint density at radius 3 is 2.71 bits per heavy atom. The van der Waals surface area contributed by atoms with Crippen LogP contribution in [0.5, 0.6) is 0 Å². The highest BCUT2D eigenvalue weighted by Gasteiger charge is 2.55. The summed E-state index contributed by atoms with van der Waals surface area (Å²) in [4.78, 5) is 24.6. The predicted molar refractivity (Wildman–Crippen MR) is 50.4 cm³/mol. The number of rotatable bonds is 3. The van der Waals surface area contributed by atoms with Gasteiger partial charge < -0.3 is 11.1 Å². The highest BCUT2D eigenvalue weighted by atomic mass is 16.2. The van der Waals surface area contributed by atoms with E-state index in [1.54, 1.807) is 6.92 Å². The Bertz CT molecular complexity index is 288. The SMILES string of the molecule is CC1(C2CC2)NC(=O)N(CCN)C1=O. The Kier molecular flexibility index (Phi) is 1.99. The second-order valence-corrected chi connectivity index (χ2v) is 4.15. The third kappa shape index (κ3) is 1.19. The molecule has 0 aromatic carbocycles. The number of carbonyl (C=O) groups excluding carboxylic acids is 2. The summed E-state index contributed by atoms with van der Waals surface area (Å²) in [6, 6.07) is -0.296. The van der Waals surface area contributed by atoms with Gasteiger partial charge in [0.2, 0.25) is 0 Å². The van der Waals surface area contributed by atoms with Crippen molar-refractivity contribution in [3.8, 4) is 0 Å². The van der Waals surface area contributed by atoms with E-state index in [9.17, 15) is 9.59 Å². The number of nitrogens with zero attached hydrogens (tertiary/aromatic N) is 1. The van der Waals surface area contributed by atoms with E-state index >= 15 is 0 Å². The number of nitrogens with one attached hydrogen (secondary N) is 1. The molecule has 14 heavy (non-hydrogen) atoms. The zero-order valence-electron chi connectivity index (χ0n) is 8.25. The number of amides is 3. The molecule has 1 saturated carbocycles. The number of carbonyl (C=O) groups is 2. The van der Waals surface area contributed by atoms with Crippen LogP contribution in [0.2, 0.25) is 0 Å². The quantitative estimate of drug-likeness (QED) is 0.608. The highest BCUT2D eigenvalue weighted by molar-refractivity contribution is 6.07. The molecular formula is C9H15N3O2. The second-order valence-electron chi connectivity index (χ2n) is 4.15. The first kappa shape index (κ1) is 9.45. The molecule has 0 bridgehead atoms. The molecule has 0 aromatic rings. The van der Waals surface area contributed by atoms with Crippen molar-refractivity contribution in [1.82, 2.24) is 10.2 Å². The molecule has 1 heterocycles. The van der Waals surface area contributed by atoms with Gasteiger partial charge in [0.1, 0.15) is 5.54 Å². The smallest absolute Gasteiger partial charge is 0.325 e. The molecule has 1 saturated heterocycles. The Labute approximate surface area is 82.6 Å². The van der Waals surface area contributed by atoms with Crippen molar-refractivity contribution in [3.05, 3.63) is 0 Å². The van der Waals surface area contributed by atoms with Crippen LogP contribution in [0.25, 0.3) is 0 Å². The average molecular weight is 197 g/mol. The first-order chi connectivity index (χ1) is 6.59. The van der Waals surface area contributed by atoms with Gasteiger partial charge >= 0.3 is 6.03 Å². The zero-order valence-corrected chi connectivity index (χ0v) is 8.25. The van der Waals surface area contributed by atoms with E-state index in [0.29, 0.717) is 19.0 Å². The number of hydrogen-bond acceptors (Lipinski definition) is 3. The van der Waals surface area contributed by atoms with Gasteiger partial charge in [-0.15, -0.1) is 0 Å². The molecule has 2 rings (SSSR count). The van der Waals surface area contributed by atoms with Crippen LogP contribution in [-0.2, 0) is 4.79 Å². The lowest BCUT2D eigenvalue weighted by molar-refractivity contribution is -0.131.